The molecule has 27 heavy (non-hydrogen) atoms. The third-order valence-corrected chi connectivity index (χ3v) is 3.29. The first-order chi connectivity index (χ1) is 12.7. The van der Waals surface area contributed by atoms with Crippen LogP contribution in [0.5, 0.6) is 5.75 Å². The second-order valence-corrected chi connectivity index (χ2v) is 6.60. The van der Waals surface area contributed by atoms with Crippen LogP contribution in [0.4, 0.5) is 5.69 Å². The van der Waals surface area contributed by atoms with E-state index in [4.69, 9.17) is 14.2 Å². The molecule has 0 bridgehead atoms. The number of ether oxygens (including phenoxy) is 3. The monoisotopic (exact) mass is 376 g/mol. The highest BCUT2D eigenvalue weighted by atomic mass is 16.7. The number of benzene rings is 1. The predicted molar refractivity (Wildman–Crippen MR) is 95.1 cm³/mol. The van der Waals surface area contributed by atoms with E-state index in [1.807, 2.05) is 0 Å². The van der Waals surface area contributed by atoms with E-state index in [0.29, 0.717) is 5.39 Å². The van der Waals surface area contributed by atoms with Crippen molar-refractivity contribution < 1.29 is 28.7 Å². The van der Waals surface area contributed by atoms with Crippen LogP contribution in [0, 0.1) is 10.1 Å². The molecule has 2 aromatic rings. The van der Waals surface area contributed by atoms with Gasteiger partial charge in [0, 0.05) is 12.3 Å². The summed E-state index contributed by atoms with van der Waals surface area (Å²) in [6.45, 7) is 4.80. The maximum Gasteiger partial charge on any atom is 0.309 e. The lowest BCUT2D eigenvalue weighted by atomic mass is 10.1. The smallest absolute Gasteiger partial charge is 0.309 e. The highest BCUT2D eigenvalue weighted by Gasteiger charge is 2.18. The molecule has 0 unspecified atom stereocenters. The third-order valence-electron chi connectivity index (χ3n) is 3.29. The minimum atomic E-state index is -0.625. The average Bonchev–Trinajstić information content (AvgIpc) is 2.58. The van der Waals surface area contributed by atoms with E-state index in [-0.39, 0.29) is 29.8 Å². The molecule has 0 radical (unpaired) electrons. The summed E-state index contributed by atoms with van der Waals surface area (Å²) in [5.41, 5.74) is -0.426. The number of carbonyl (C=O) groups is 2. The van der Waals surface area contributed by atoms with Gasteiger partial charge >= 0.3 is 11.9 Å². The van der Waals surface area contributed by atoms with Crippen LogP contribution in [0.15, 0.2) is 30.5 Å². The molecule has 1 aromatic heterocycles. The van der Waals surface area contributed by atoms with Crippen molar-refractivity contribution in [2.45, 2.75) is 39.2 Å². The molecular formula is C18H20N2O7. The molecule has 0 aliphatic heterocycles. The zero-order chi connectivity index (χ0) is 20.0. The number of nitro benzene ring substituents is 1. The first-order valence-corrected chi connectivity index (χ1v) is 8.20. The average molecular weight is 376 g/mol. The van der Waals surface area contributed by atoms with Crippen molar-refractivity contribution >= 4 is 28.5 Å². The summed E-state index contributed by atoms with van der Waals surface area (Å²) >= 11 is 0. The number of rotatable bonds is 7. The van der Waals surface area contributed by atoms with E-state index in [1.54, 1.807) is 32.9 Å². The number of hydrogen-bond acceptors (Lipinski definition) is 8. The second-order valence-electron chi connectivity index (χ2n) is 6.60. The van der Waals surface area contributed by atoms with Crippen LogP contribution in [-0.4, -0.2) is 34.2 Å². The van der Waals surface area contributed by atoms with Crippen molar-refractivity contribution in [1.82, 2.24) is 4.98 Å². The zero-order valence-corrected chi connectivity index (χ0v) is 15.3. The number of fused-ring (bicyclic) bond motifs is 1. The van der Waals surface area contributed by atoms with Gasteiger partial charge < -0.3 is 14.2 Å². The van der Waals surface area contributed by atoms with Crippen LogP contribution in [0.2, 0.25) is 0 Å². The van der Waals surface area contributed by atoms with E-state index in [9.17, 15) is 19.7 Å². The number of esters is 2. The summed E-state index contributed by atoms with van der Waals surface area (Å²) in [5, 5.41) is 11.4. The van der Waals surface area contributed by atoms with Gasteiger partial charge in [0.25, 0.3) is 5.69 Å². The third kappa shape index (κ3) is 5.91. The lowest BCUT2D eigenvalue weighted by Crippen LogP contribution is -2.24. The minimum Gasteiger partial charge on any atom is -0.460 e. The van der Waals surface area contributed by atoms with Gasteiger partial charge in [-0.05, 0) is 39.0 Å². The van der Waals surface area contributed by atoms with E-state index in [2.05, 4.69) is 4.98 Å². The number of nitro groups is 1. The summed E-state index contributed by atoms with van der Waals surface area (Å²) in [7, 11) is 0. The Labute approximate surface area is 155 Å². The molecule has 9 nitrogen and oxygen atoms in total. The molecule has 0 saturated heterocycles. The second kappa shape index (κ2) is 8.43. The molecule has 0 spiro atoms. The number of aromatic nitrogens is 1. The highest BCUT2D eigenvalue weighted by molar-refractivity contribution is 5.92. The Morgan fingerprint density at radius 3 is 2.52 bits per heavy atom. The number of pyridine rings is 1. The van der Waals surface area contributed by atoms with Gasteiger partial charge in [0.05, 0.1) is 23.2 Å². The van der Waals surface area contributed by atoms with Gasteiger partial charge in [-0.1, -0.05) is 0 Å². The molecule has 0 atom stereocenters. The van der Waals surface area contributed by atoms with Crippen LogP contribution in [0.1, 0.15) is 33.6 Å². The fraction of sp³-hybridized carbons (Fsp3) is 0.389. The molecule has 1 heterocycles. The van der Waals surface area contributed by atoms with Crippen LogP contribution in [0.25, 0.3) is 10.9 Å². The Balaban J connectivity index is 1.90. The standard InChI is InChI=1S/C18H20N2O7/c1-18(2,3)27-16(22)9-8-15(21)26-11-25-14-7-6-13(20(23)24)12-5-4-10-19-17(12)14/h4-7,10H,8-9,11H2,1-3H3. The van der Waals surface area contributed by atoms with Crippen LogP contribution in [0.3, 0.4) is 0 Å². The summed E-state index contributed by atoms with van der Waals surface area (Å²) < 4.78 is 15.4. The Bertz CT molecular complexity index is 858. The van der Waals surface area contributed by atoms with E-state index < -0.39 is 29.3 Å². The van der Waals surface area contributed by atoms with Gasteiger partial charge in [-0.3, -0.25) is 24.7 Å². The Morgan fingerprint density at radius 2 is 1.85 bits per heavy atom. The normalized spacial score (nSPS) is 11.1. The van der Waals surface area contributed by atoms with Gasteiger partial charge in [-0.2, -0.15) is 0 Å². The summed E-state index contributed by atoms with van der Waals surface area (Å²) in [6, 6.07) is 5.82. The first-order valence-electron chi connectivity index (χ1n) is 8.20. The van der Waals surface area contributed by atoms with Gasteiger partial charge in [-0.25, -0.2) is 0 Å². The van der Waals surface area contributed by atoms with E-state index >= 15 is 0 Å². The fourth-order valence-corrected chi connectivity index (χ4v) is 2.23. The van der Waals surface area contributed by atoms with Crippen molar-refractivity contribution in [2.75, 3.05) is 6.79 Å². The van der Waals surface area contributed by atoms with Gasteiger partial charge in [-0.15, -0.1) is 0 Å². The minimum absolute atomic E-state index is 0.0974. The van der Waals surface area contributed by atoms with Crippen LogP contribution >= 0.6 is 0 Å². The van der Waals surface area contributed by atoms with Crippen LogP contribution < -0.4 is 4.74 Å². The number of nitrogens with zero attached hydrogens (tertiary/aromatic N) is 2. The van der Waals surface area contributed by atoms with Gasteiger partial charge in [0.1, 0.15) is 16.9 Å². The molecule has 0 aliphatic carbocycles. The van der Waals surface area contributed by atoms with E-state index in [1.165, 1.54) is 18.3 Å². The van der Waals surface area contributed by atoms with Crippen molar-refractivity contribution in [3.63, 3.8) is 0 Å². The molecule has 0 N–H and O–H groups in total. The molecule has 1 aromatic carbocycles. The fourth-order valence-electron chi connectivity index (χ4n) is 2.23. The predicted octanol–water partition coefficient (Wildman–Crippen LogP) is 3.14. The number of hydrogen-bond donors (Lipinski definition) is 0. The summed E-state index contributed by atoms with van der Waals surface area (Å²) in [4.78, 5) is 37.9. The van der Waals surface area contributed by atoms with Gasteiger partial charge in [0.15, 0.2) is 0 Å². The molecule has 0 aliphatic rings. The Kier molecular flexibility index (Phi) is 6.27. The lowest BCUT2D eigenvalue weighted by Gasteiger charge is -2.19. The molecule has 0 saturated carbocycles. The van der Waals surface area contributed by atoms with Gasteiger partial charge in [0.2, 0.25) is 6.79 Å². The van der Waals surface area contributed by atoms with Crippen molar-refractivity contribution in [1.29, 1.82) is 0 Å². The topological polar surface area (TPSA) is 118 Å². The largest absolute Gasteiger partial charge is 0.460 e. The van der Waals surface area contributed by atoms with Crippen molar-refractivity contribution in [3.05, 3.63) is 40.6 Å². The molecule has 0 amide bonds. The summed E-state index contributed by atoms with van der Waals surface area (Å²) in [5.74, 6) is -0.873. The highest BCUT2D eigenvalue weighted by Crippen LogP contribution is 2.31. The quantitative estimate of drug-likeness (QED) is 0.313. The van der Waals surface area contributed by atoms with Crippen molar-refractivity contribution in [2.24, 2.45) is 0 Å². The molecule has 2 rings (SSSR count). The molecular weight excluding hydrogens is 356 g/mol. The SMILES string of the molecule is CC(C)(C)OC(=O)CCC(=O)OCOc1ccc([N+](=O)[O-])c2cccnc12. The maximum atomic E-state index is 11.7. The maximum absolute atomic E-state index is 11.7. The number of non-ortho nitro benzene ring substituents is 1. The Morgan fingerprint density at radius 1 is 1.15 bits per heavy atom. The first kappa shape index (κ1) is 20.1. The molecule has 144 valence electrons. The molecule has 0 fully saturated rings. The Hall–Kier alpha value is -3.23. The number of carbonyl (C=O) groups excluding carboxylic acids is 2. The zero-order valence-electron chi connectivity index (χ0n) is 15.3. The lowest BCUT2D eigenvalue weighted by molar-refractivity contribution is -0.383. The summed E-state index contributed by atoms with van der Waals surface area (Å²) in [6.07, 6.45) is 1.24. The van der Waals surface area contributed by atoms with E-state index in [0.717, 1.165) is 0 Å². The molecule has 9 heteroatoms. The van der Waals surface area contributed by atoms with Crippen molar-refractivity contribution in [3.8, 4) is 5.75 Å². The van der Waals surface area contributed by atoms with Crippen LogP contribution in [-0.2, 0) is 19.1 Å².